The summed E-state index contributed by atoms with van der Waals surface area (Å²) in [6.45, 7) is 7.41. The van der Waals surface area contributed by atoms with E-state index in [1.54, 1.807) is 0 Å². The third-order valence-corrected chi connectivity index (χ3v) is 3.98. The summed E-state index contributed by atoms with van der Waals surface area (Å²) in [7, 11) is 0. The van der Waals surface area contributed by atoms with E-state index in [1.807, 2.05) is 20.8 Å². The third-order valence-electron chi connectivity index (χ3n) is 3.98. The molecule has 3 N–H and O–H groups in total. The normalized spacial score (nSPS) is 19.4. The van der Waals surface area contributed by atoms with Crippen LogP contribution in [0.4, 0.5) is 0 Å². The lowest BCUT2D eigenvalue weighted by Gasteiger charge is -2.28. The van der Waals surface area contributed by atoms with Crippen LogP contribution in [0.5, 0.6) is 0 Å². The van der Waals surface area contributed by atoms with Crippen molar-refractivity contribution in [2.24, 2.45) is 11.3 Å². The summed E-state index contributed by atoms with van der Waals surface area (Å²) in [6.07, 6.45) is 3.56. The van der Waals surface area contributed by atoms with Crippen molar-refractivity contribution in [1.82, 2.24) is 10.6 Å². The van der Waals surface area contributed by atoms with E-state index in [9.17, 15) is 14.7 Å². The van der Waals surface area contributed by atoms with Gasteiger partial charge < -0.3 is 15.7 Å². The molecular formula is C15H28N2O3. The molecule has 0 aromatic carbocycles. The summed E-state index contributed by atoms with van der Waals surface area (Å²) >= 11 is 0. The van der Waals surface area contributed by atoms with Gasteiger partial charge in [0.1, 0.15) is 6.04 Å². The Balaban J connectivity index is 2.57. The standard InChI is InChI=1S/C15H28N2O3/c1-10(18)17-13(11-7-5-6-8-11)14(20)16-9-12(19)15(2,3)4/h11-13,19H,5-9H2,1-4H3,(H,16,20)(H,17,18). The Bertz CT molecular complexity index is 344. The molecular weight excluding hydrogens is 256 g/mol. The zero-order valence-corrected chi connectivity index (χ0v) is 13.0. The monoisotopic (exact) mass is 284 g/mol. The maximum atomic E-state index is 12.3. The van der Waals surface area contributed by atoms with Crippen LogP contribution in [0, 0.1) is 11.3 Å². The van der Waals surface area contributed by atoms with Crippen LogP contribution in [0.25, 0.3) is 0 Å². The zero-order valence-electron chi connectivity index (χ0n) is 13.0. The highest BCUT2D eigenvalue weighted by Gasteiger charge is 2.32. The van der Waals surface area contributed by atoms with E-state index in [0.29, 0.717) is 0 Å². The van der Waals surface area contributed by atoms with Gasteiger partial charge in [-0.3, -0.25) is 9.59 Å². The maximum Gasteiger partial charge on any atom is 0.242 e. The zero-order chi connectivity index (χ0) is 15.3. The minimum atomic E-state index is -0.604. The van der Waals surface area contributed by atoms with Crippen LogP contribution in [0.3, 0.4) is 0 Å². The van der Waals surface area contributed by atoms with E-state index in [4.69, 9.17) is 0 Å². The molecule has 0 saturated heterocycles. The molecule has 1 saturated carbocycles. The first kappa shape index (κ1) is 17.0. The Morgan fingerprint density at radius 3 is 2.25 bits per heavy atom. The summed E-state index contributed by atoms with van der Waals surface area (Å²) in [5.41, 5.74) is -0.274. The van der Waals surface area contributed by atoms with Crippen LogP contribution in [0.2, 0.25) is 0 Å². The van der Waals surface area contributed by atoms with Crippen LogP contribution >= 0.6 is 0 Å². The molecule has 2 atom stereocenters. The van der Waals surface area contributed by atoms with Crippen LogP contribution in [-0.2, 0) is 9.59 Å². The van der Waals surface area contributed by atoms with Crippen LogP contribution < -0.4 is 10.6 Å². The van der Waals surface area contributed by atoms with Gasteiger partial charge in [0, 0.05) is 13.5 Å². The fourth-order valence-corrected chi connectivity index (χ4v) is 2.52. The fourth-order valence-electron chi connectivity index (χ4n) is 2.52. The molecule has 0 aromatic rings. The molecule has 5 heteroatoms. The van der Waals surface area contributed by atoms with Crippen molar-refractivity contribution in [1.29, 1.82) is 0 Å². The average Bonchev–Trinajstić information content (AvgIpc) is 2.84. The first-order chi connectivity index (χ1) is 9.21. The highest BCUT2D eigenvalue weighted by Crippen LogP contribution is 2.28. The van der Waals surface area contributed by atoms with Crippen molar-refractivity contribution in [2.75, 3.05) is 6.54 Å². The number of carbonyl (C=O) groups excluding carboxylic acids is 2. The van der Waals surface area contributed by atoms with Crippen molar-refractivity contribution < 1.29 is 14.7 Å². The van der Waals surface area contributed by atoms with E-state index in [-0.39, 0.29) is 29.7 Å². The SMILES string of the molecule is CC(=O)NC(C(=O)NCC(O)C(C)(C)C)C1CCCC1. The highest BCUT2D eigenvalue weighted by molar-refractivity contribution is 5.87. The van der Waals surface area contributed by atoms with Crippen molar-refractivity contribution in [3.63, 3.8) is 0 Å². The minimum absolute atomic E-state index is 0.185. The molecule has 0 heterocycles. The number of rotatable bonds is 5. The number of nitrogens with one attached hydrogen (secondary N) is 2. The first-order valence-corrected chi connectivity index (χ1v) is 7.44. The van der Waals surface area contributed by atoms with E-state index in [0.717, 1.165) is 25.7 Å². The minimum Gasteiger partial charge on any atom is -0.391 e. The number of amides is 2. The molecule has 2 unspecified atom stereocenters. The third kappa shape index (κ3) is 5.12. The molecule has 0 bridgehead atoms. The number of hydrogen-bond donors (Lipinski definition) is 3. The summed E-state index contributed by atoms with van der Waals surface area (Å²) in [6, 6.07) is -0.470. The van der Waals surface area contributed by atoms with Gasteiger partial charge in [-0.25, -0.2) is 0 Å². The summed E-state index contributed by atoms with van der Waals surface area (Å²) in [5, 5.41) is 15.5. The molecule has 2 amide bonds. The van der Waals surface area contributed by atoms with Crippen LogP contribution in [0.15, 0.2) is 0 Å². The van der Waals surface area contributed by atoms with E-state index in [2.05, 4.69) is 10.6 Å². The van der Waals surface area contributed by atoms with Crippen LogP contribution in [-0.4, -0.2) is 35.6 Å². The molecule has 1 aliphatic rings. The topological polar surface area (TPSA) is 78.4 Å². The molecule has 20 heavy (non-hydrogen) atoms. The number of hydrogen-bond acceptors (Lipinski definition) is 3. The molecule has 0 radical (unpaired) electrons. The summed E-state index contributed by atoms with van der Waals surface area (Å²) in [5.74, 6) is -0.158. The van der Waals surface area contributed by atoms with Gasteiger partial charge in [-0.2, -0.15) is 0 Å². The summed E-state index contributed by atoms with van der Waals surface area (Å²) < 4.78 is 0. The van der Waals surface area contributed by atoms with Crippen LogP contribution in [0.1, 0.15) is 53.4 Å². The van der Waals surface area contributed by atoms with E-state index in [1.165, 1.54) is 6.92 Å². The smallest absolute Gasteiger partial charge is 0.242 e. The predicted octanol–water partition coefficient (Wildman–Crippen LogP) is 1.20. The molecule has 1 rings (SSSR count). The van der Waals surface area contributed by atoms with E-state index >= 15 is 0 Å². The Morgan fingerprint density at radius 1 is 1.25 bits per heavy atom. The van der Waals surface area contributed by atoms with Crippen molar-refractivity contribution in [3.05, 3.63) is 0 Å². The van der Waals surface area contributed by atoms with Gasteiger partial charge in [0.25, 0.3) is 0 Å². The van der Waals surface area contributed by atoms with Gasteiger partial charge in [-0.05, 0) is 24.2 Å². The lowest BCUT2D eigenvalue weighted by molar-refractivity contribution is -0.130. The van der Waals surface area contributed by atoms with Gasteiger partial charge in [0.15, 0.2) is 0 Å². The molecule has 0 aromatic heterocycles. The second-order valence-corrected chi connectivity index (χ2v) is 6.85. The van der Waals surface area contributed by atoms with E-state index < -0.39 is 12.1 Å². The van der Waals surface area contributed by atoms with Gasteiger partial charge >= 0.3 is 0 Å². The first-order valence-electron chi connectivity index (χ1n) is 7.44. The number of aliphatic hydroxyl groups excluding tert-OH is 1. The maximum absolute atomic E-state index is 12.3. The van der Waals surface area contributed by atoms with Gasteiger partial charge in [-0.15, -0.1) is 0 Å². The molecule has 1 fully saturated rings. The summed E-state index contributed by atoms with van der Waals surface area (Å²) in [4.78, 5) is 23.5. The lowest BCUT2D eigenvalue weighted by Crippen LogP contribution is -2.52. The van der Waals surface area contributed by atoms with Crippen molar-refractivity contribution >= 4 is 11.8 Å². The Labute approximate surface area is 121 Å². The quantitative estimate of drug-likeness (QED) is 0.710. The molecule has 0 aliphatic heterocycles. The highest BCUT2D eigenvalue weighted by atomic mass is 16.3. The molecule has 1 aliphatic carbocycles. The largest absolute Gasteiger partial charge is 0.391 e. The second kappa shape index (κ2) is 7.07. The Morgan fingerprint density at radius 2 is 1.80 bits per heavy atom. The Kier molecular flexibility index (Phi) is 5.99. The number of carbonyl (C=O) groups is 2. The predicted molar refractivity (Wildman–Crippen MR) is 78.0 cm³/mol. The average molecular weight is 284 g/mol. The molecule has 116 valence electrons. The molecule has 5 nitrogen and oxygen atoms in total. The fraction of sp³-hybridized carbons (Fsp3) is 0.867. The second-order valence-electron chi connectivity index (χ2n) is 6.85. The molecule has 0 spiro atoms. The number of aliphatic hydroxyl groups is 1. The van der Waals surface area contributed by atoms with Crippen molar-refractivity contribution in [3.8, 4) is 0 Å². The lowest BCUT2D eigenvalue weighted by atomic mass is 9.89. The Hall–Kier alpha value is -1.10. The van der Waals surface area contributed by atoms with Gasteiger partial charge in [-0.1, -0.05) is 33.6 Å². The van der Waals surface area contributed by atoms with Crippen molar-refractivity contribution in [2.45, 2.75) is 65.5 Å². The van der Waals surface area contributed by atoms with Gasteiger partial charge in [0.2, 0.25) is 11.8 Å². The van der Waals surface area contributed by atoms with Gasteiger partial charge in [0.05, 0.1) is 6.10 Å².